The van der Waals surface area contributed by atoms with Crippen molar-refractivity contribution in [3.05, 3.63) is 60.2 Å². The van der Waals surface area contributed by atoms with Gasteiger partial charge in [-0.25, -0.2) is 0 Å². The first-order valence-corrected chi connectivity index (χ1v) is 5.17. The van der Waals surface area contributed by atoms with Gasteiger partial charge in [-0.15, -0.1) is 0 Å². The largest absolute Gasteiger partial charge is 0.418 e. The molecule has 0 saturated carbocycles. The molecule has 0 aliphatic heterocycles. The average Bonchev–Trinajstić information content (AvgIpc) is 2.37. The predicted molar refractivity (Wildman–Crippen MR) is 60.3 cm³/mol. The third kappa shape index (κ3) is 2.94. The summed E-state index contributed by atoms with van der Waals surface area (Å²) in [4.78, 5) is 4.95. The maximum absolute atomic E-state index is 12.7. The van der Waals surface area contributed by atoms with Crippen LogP contribution in [0, 0.1) is 0 Å². The van der Waals surface area contributed by atoms with Gasteiger partial charge in [0.2, 0.25) is 0 Å². The zero-order valence-electron chi connectivity index (χ0n) is 9.19. The van der Waals surface area contributed by atoms with Gasteiger partial charge in [-0.1, -0.05) is 35.8 Å². The molecule has 2 rings (SSSR count). The normalized spacial score (nSPS) is 11.1. The van der Waals surface area contributed by atoms with Crippen LogP contribution < -0.4 is 10.3 Å². The van der Waals surface area contributed by atoms with E-state index in [2.05, 4.69) is 5.48 Å². The second-order valence-electron chi connectivity index (χ2n) is 3.51. The van der Waals surface area contributed by atoms with E-state index in [1.54, 1.807) is 30.3 Å². The molecule has 2 nitrogen and oxygen atoms in total. The number of hydrogen-bond donors (Lipinski definition) is 0. The Bertz CT molecular complexity index is 511. The Morgan fingerprint density at radius 1 is 0.833 bits per heavy atom. The summed E-state index contributed by atoms with van der Waals surface area (Å²) in [6, 6.07) is 13.4. The van der Waals surface area contributed by atoms with Crippen molar-refractivity contribution < 1.29 is 18.0 Å². The summed E-state index contributed by atoms with van der Waals surface area (Å²) in [6.07, 6.45) is -4.44. The van der Waals surface area contributed by atoms with Crippen molar-refractivity contribution in [1.82, 2.24) is 5.48 Å². The lowest BCUT2D eigenvalue weighted by Crippen LogP contribution is -2.12. The highest BCUT2D eigenvalue weighted by Crippen LogP contribution is 2.34. The molecule has 2 aromatic carbocycles. The van der Waals surface area contributed by atoms with E-state index in [0.717, 1.165) is 6.07 Å². The second kappa shape index (κ2) is 5.00. The lowest BCUT2D eigenvalue weighted by atomic mass is 10.2. The molecular formula is C13H9F3NO. The first-order chi connectivity index (χ1) is 8.57. The van der Waals surface area contributed by atoms with E-state index in [9.17, 15) is 13.2 Å². The van der Waals surface area contributed by atoms with Crippen LogP contribution >= 0.6 is 0 Å². The van der Waals surface area contributed by atoms with Crippen molar-refractivity contribution in [3.63, 3.8) is 0 Å². The summed E-state index contributed by atoms with van der Waals surface area (Å²) in [5.74, 6) is 0.384. The molecule has 0 N–H and O–H groups in total. The van der Waals surface area contributed by atoms with E-state index in [1.165, 1.54) is 18.2 Å². The Morgan fingerprint density at radius 3 is 2.11 bits per heavy atom. The molecule has 2 aromatic rings. The molecule has 0 aromatic heterocycles. The van der Waals surface area contributed by atoms with Gasteiger partial charge >= 0.3 is 6.18 Å². The van der Waals surface area contributed by atoms with E-state index >= 15 is 0 Å². The third-order valence-electron chi connectivity index (χ3n) is 2.20. The Balaban J connectivity index is 2.15. The summed E-state index contributed by atoms with van der Waals surface area (Å²) in [6.45, 7) is 0. The topological polar surface area (TPSA) is 23.3 Å². The van der Waals surface area contributed by atoms with Crippen LogP contribution in [-0.4, -0.2) is 0 Å². The first-order valence-electron chi connectivity index (χ1n) is 5.17. The zero-order valence-corrected chi connectivity index (χ0v) is 9.19. The van der Waals surface area contributed by atoms with Gasteiger partial charge in [0.1, 0.15) is 5.69 Å². The SMILES string of the molecule is FC(F)(F)c1ccccc1[N]Oc1ccccc1. The molecule has 1 radical (unpaired) electrons. The standard InChI is InChI=1S/C13H9F3NO/c14-13(15,16)11-8-4-5-9-12(11)17-18-10-6-2-1-3-7-10/h1-9H. The van der Waals surface area contributed by atoms with Crippen molar-refractivity contribution in [1.29, 1.82) is 0 Å². The first kappa shape index (κ1) is 12.3. The molecule has 5 heteroatoms. The van der Waals surface area contributed by atoms with Crippen molar-refractivity contribution >= 4 is 5.69 Å². The number of alkyl halides is 3. The van der Waals surface area contributed by atoms with Gasteiger partial charge < -0.3 is 4.84 Å². The van der Waals surface area contributed by atoms with E-state index in [4.69, 9.17) is 4.84 Å². The third-order valence-corrected chi connectivity index (χ3v) is 2.20. The van der Waals surface area contributed by atoms with Crippen LogP contribution in [0.1, 0.15) is 5.56 Å². The van der Waals surface area contributed by atoms with Crippen LogP contribution in [-0.2, 0) is 6.18 Å². The zero-order chi connectivity index (χ0) is 13.0. The molecule has 0 aliphatic rings. The van der Waals surface area contributed by atoms with Gasteiger partial charge in [-0.3, -0.25) is 0 Å². The summed E-state index contributed by atoms with van der Waals surface area (Å²) < 4.78 is 38.0. The Hall–Kier alpha value is -2.17. The van der Waals surface area contributed by atoms with E-state index in [-0.39, 0.29) is 5.69 Å². The van der Waals surface area contributed by atoms with E-state index in [1.807, 2.05) is 0 Å². The summed E-state index contributed by atoms with van der Waals surface area (Å²) in [7, 11) is 0. The molecule has 0 amide bonds. The van der Waals surface area contributed by atoms with Crippen LogP contribution in [0.2, 0.25) is 0 Å². The van der Waals surface area contributed by atoms with Crippen molar-refractivity contribution in [2.75, 3.05) is 0 Å². The maximum atomic E-state index is 12.7. The Kier molecular flexibility index (Phi) is 3.41. The van der Waals surface area contributed by atoms with Gasteiger partial charge in [0.15, 0.2) is 5.75 Å². The maximum Gasteiger partial charge on any atom is 0.418 e. The molecule has 93 valence electrons. The van der Waals surface area contributed by atoms with Crippen LogP contribution in [0.4, 0.5) is 18.9 Å². The molecule has 18 heavy (non-hydrogen) atoms. The molecule has 0 bridgehead atoms. The Labute approximate surface area is 102 Å². The fourth-order valence-electron chi connectivity index (χ4n) is 1.38. The molecule has 0 unspecified atom stereocenters. The smallest absolute Gasteiger partial charge is 0.356 e. The number of halogens is 3. The highest BCUT2D eigenvalue weighted by Gasteiger charge is 2.33. The molecule has 0 fully saturated rings. The number of para-hydroxylation sites is 1. The number of hydrogen-bond acceptors (Lipinski definition) is 1. The van der Waals surface area contributed by atoms with Crippen molar-refractivity contribution in [3.8, 4) is 5.75 Å². The monoisotopic (exact) mass is 252 g/mol. The number of nitrogens with zero attached hydrogens (tertiary/aromatic N) is 1. The quantitative estimate of drug-likeness (QED) is 0.759. The molecule has 0 heterocycles. The highest BCUT2D eigenvalue weighted by atomic mass is 19.4. The number of rotatable bonds is 3. The molecule has 0 atom stereocenters. The van der Waals surface area contributed by atoms with Crippen LogP contribution in [0.3, 0.4) is 0 Å². The summed E-state index contributed by atoms with van der Waals surface area (Å²) >= 11 is 0. The van der Waals surface area contributed by atoms with Crippen LogP contribution in [0.5, 0.6) is 5.75 Å². The Morgan fingerprint density at radius 2 is 1.44 bits per heavy atom. The predicted octanol–water partition coefficient (Wildman–Crippen LogP) is 3.94. The van der Waals surface area contributed by atoms with Gasteiger partial charge in [-0.2, -0.15) is 13.2 Å². The van der Waals surface area contributed by atoms with Gasteiger partial charge in [0.05, 0.1) is 5.56 Å². The second-order valence-corrected chi connectivity index (χ2v) is 3.51. The summed E-state index contributed by atoms with van der Waals surface area (Å²) in [5, 5.41) is 0. The molecule has 0 saturated heterocycles. The number of benzene rings is 2. The molecular weight excluding hydrogens is 243 g/mol. The minimum absolute atomic E-state index is 0.242. The molecule has 0 spiro atoms. The average molecular weight is 252 g/mol. The van der Waals surface area contributed by atoms with Gasteiger partial charge in [0, 0.05) is 0 Å². The van der Waals surface area contributed by atoms with Gasteiger partial charge in [-0.05, 0) is 24.3 Å². The van der Waals surface area contributed by atoms with Gasteiger partial charge in [0.25, 0.3) is 0 Å². The minimum atomic E-state index is -4.44. The lowest BCUT2D eigenvalue weighted by molar-refractivity contribution is -0.137. The molecule has 0 aliphatic carbocycles. The highest BCUT2D eigenvalue weighted by molar-refractivity contribution is 5.46. The van der Waals surface area contributed by atoms with Crippen molar-refractivity contribution in [2.24, 2.45) is 0 Å². The fourth-order valence-corrected chi connectivity index (χ4v) is 1.38. The van der Waals surface area contributed by atoms with Crippen molar-refractivity contribution in [2.45, 2.75) is 6.18 Å². The summed E-state index contributed by atoms with van der Waals surface area (Å²) in [5.41, 5.74) is 2.46. The van der Waals surface area contributed by atoms with E-state index in [0.29, 0.717) is 5.75 Å². The van der Waals surface area contributed by atoms with Crippen LogP contribution in [0.15, 0.2) is 54.6 Å². The van der Waals surface area contributed by atoms with Crippen LogP contribution in [0.25, 0.3) is 0 Å². The minimum Gasteiger partial charge on any atom is -0.356 e. The lowest BCUT2D eigenvalue weighted by Gasteiger charge is -2.11. The van der Waals surface area contributed by atoms with E-state index < -0.39 is 11.7 Å². The fraction of sp³-hybridized carbons (Fsp3) is 0.0769.